The molecule has 1 amide bonds. The van der Waals surface area contributed by atoms with Crippen LogP contribution in [0, 0.1) is 0 Å². The Hall–Kier alpha value is -0.970. The lowest BCUT2D eigenvalue weighted by Gasteiger charge is -2.22. The molecule has 0 aliphatic carbocycles. The zero-order valence-corrected chi connectivity index (χ0v) is 14.2. The first-order valence-corrected chi connectivity index (χ1v) is 8.08. The Morgan fingerprint density at radius 2 is 2.00 bits per heavy atom. The summed E-state index contributed by atoms with van der Waals surface area (Å²) in [5, 5.41) is 6.75. The third kappa shape index (κ3) is 4.85. The van der Waals surface area contributed by atoms with E-state index in [4.69, 9.17) is 4.52 Å². The van der Waals surface area contributed by atoms with Gasteiger partial charge in [-0.2, -0.15) is 0 Å². The van der Waals surface area contributed by atoms with Crippen LogP contribution in [0.1, 0.15) is 60.1 Å². The second kappa shape index (κ2) is 6.66. The van der Waals surface area contributed by atoms with Gasteiger partial charge in [0.05, 0.1) is 4.75 Å². The number of nitrogens with one attached hydrogen (secondary N) is 1. The molecule has 0 bridgehead atoms. The van der Waals surface area contributed by atoms with Crippen molar-refractivity contribution in [3.05, 3.63) is 11.8 Å². The van der Waals surface area contributed by atoms with Crippen molar-refractivity contribution in [3.63, 3.8) is 0 Å². The van der Waals surface area contributed by atoms with Gasteiger partial charge in [0.25, 0.3) is 0 Å². The Kier molecular flexibility index (Phi) is 5.68. The smallest absolute Gasteiger partial charge is 0.241 e. The van der Waals surface area contributed by atoms with E-state index < -0.39 is 4.75 Å². The Morgan fingerprint density at radius 3 is 2.50 bits per heavy atom. The maximum atomic E-state index is 12.3. The largest absolute Gasteiger partial charge is 0.359 e. The molecule has 0 spiro atoms. The van der Waals surface area contributed by atoms with Crippen LogP contribution in [0.25, 0.3) is 0 Å². The lowest BCUT2D eigenvalue weighted by molar-refractivity contribution is -0.117. The van der Waals surface area contributed by atoms with Gasteiger partial charge in [-0.3, -0.25) is 4.79 Å². The van der Waals surface area contributed by atoms with Gasteiger partial charge < -0.3 is 9.84 Å². The number of thioether (sulfide) groups is 1. The normalized spacial score (nSPS) is 12.5. The zero-order valence-electron chi connectivity index (χ0n) is 13.4. The number of anilines is 1. The van der Waals surface area contributed by atoms with E-state index in [-0.39, 0.29) is 11.3 Å². The summed E-state index contributed by atoms with van der Waals surface area (Å²) < 4.78 is 4.81. The van der Waals surface area contributed by atoms with Gasteiger partial charge >= 0.3 is 0 Å². The van der Waals surface area contributed by atoms with E-state index >= 15 is 0 Å². The van der Waals surface area contributed by atoms with Gasteiger partial charge in [-0.05, 0) is 26.0 Å². The van der Waals surface area contributed by atoms with Crippen LogP contribution in [0.15, 0.2) is 10.6 Å². The molecular formula is C15H26N2O2S. The Balaban J connectivity index is 2.63. The second-order valence-electron chi connectivity index (χ2n) is 6.49. The molecule has 4 nitrogen and oxygen atoms in total. The van der Waals surface area contributed by atoms with Crippen molar-refractivity contribution in [1.29, 1.82) is 0 Å². The van der Waals surface area contributed by atoms with Crippen molar-refractivity contribution < 1.29 is 9.32 Å². The van der Waals surface area contributed by atoms with Crippen LogP contribution in [0.4, 0.5) is 5.82 Å². The summed E-state index contributed by atoms with van der Waals surface area (Å²) in [6.45, 7) is 12.2. The first-order chi connectivity index (χ1) is 9.16. The molecule has 0 aliphatic rings. The SMILES string of the molecule is CCCCSC(C)(C)C(=O)Nc1cc(C(C)(C)C)on1. The van der Waals surface area contributed by atoms with E-state index in [1.165, 1.54) is 0 Å². The lowest BCUT2D eigenvalue weighted by Crippen LogP contribution is -2.34. The van der Waals surface area contributed by atoms with E-state index in [0.29, 0.717) is 5.82 Å². The van der Waals surface area contributed by atoms with Crippen LogP contribution in [0.5, 0.6) is 0 Å². The molecule has 0 aromatic carbocycles. The van der Waals surface area contributed by atoms with Crippen molar-refractivity contribution in [2.45, 2.75) is 64.5 Å². The maximum Gasteiger partial charge on any atom is 0.241 e. The van der Waals surface area contributed by atoms with Crippen LogP contribution >= 0.6 is 11.8 Å². The summed E-state index contributed by atoms with van der Waals surface area (Å²) >= 11 is 1.67. The van der Waals surface area contributed by atoms with Gasteiger partial charge in [0.2, 0.25) is 5.91 Å². The van der Waals surface area contributed by atoms with Crippen LogP contribution in [-0.2, 0) is 10.2 Å². The summed E-state index contributed by atoms with van der Waals surface area (Å²) in [5.41, 5.74) is -0.110. The molecule has 1 N–H and O–H groups in total. The predicted octanol–water partition coefficient (Wildman–Crippen LogP) is 4.22. The molecular weight excluding hydrogens is 272 g/mol. The van der Waals surface area contributed by atoms with E-state index in [1.807, 2.05) is 34.6 Å². The maximum absolute atomic E-state index is 12.3. The number of nitrogens with zero attached hydrogens (tertiary/aromatic N) is 1. The average molecular weight is 298 g/mol. The molecule has 1 heterocycles. The predicted molar refractivity (Wildman–Crippen MR) is 85.3 cm³/mol. The number of amides is 1. The molecule has 0 saturated heterocycles. The number of carbonyl (C=O) groups excluding carboxylic acids is 1. The van der Waals surface area contributed by atoms with Crippen LogP contribution < -0.4 is 5.32 Å². The number of rotatable bonds is 6. The fraction of sp³-hybridized carbons (Fsp3) is 0.733. The number of carbonyl (C=O) groups is 1. The molecule has 5 heteroatoms. The summed E-state index contributed by atoms with van der Waals surface area (Å²) in [6, 6.07) is 1.80. The minimum absolute atomic E-state index is 0.0348. The second-order valence-corrected chi connectivity index (χ2v) is 8.21. The molecule has 0 atom stereocenters. The molecule has 20 heavy (non-hydrogen) atoms. The van der Waals surface area contributed by atoms with Crippen LogP contribution in [0.3, 0.4) is 0 Å². The highest BCUT2D eigenvalue weighted by atomic mass is 32.2. The Bertz CT molecular complexity index is 447. The van der Waals surface area contributed by atoms with Gasteiger partial charge in [0.15, 0.2) is 5.82 Å². The average Bonchev–Trinajstić information content (AvgIpc) is 2.77. The first kappa shape index (κ1) is 17.1. The third-order valence-corrected chi connectivity index (χ3v) is 4.40. The van der Waals surface area contributed by atoms with Crippen molar-refractivity contribution in [3.8, 4) is 0 Å². The van der Waals surface area contributed by atoms with Gasteiger partial charge in [-0.1, -0.05) is 39.3 Å². The van der Waals surface area contributed by atoms with Crippen LogP contribution in [-0.4, -0.2) is 21.6 Å². The van der Waals surface area contributed by atoms with E-state index in [9.17, 15) is 4.79 Å². The quantitative estimate of drug-likeness (QED) is 0.799. The monoisotopic (exact) mass is 298 g/mol. The molecule has 114 valence electrons. The van der Waals surface area contributed by atoms with E-state index in [2.05, 4.69) is 17.4 Å². The fourth-order valence-corrected chi connectivity index (χ4v) is 2.62. The number of hydrogen-bond acceptors (Lipinski definition) is 4. The lowest BCUT2D eigenvalue weighted by atomic mass is 9.93. The molecule has 1 aromatic heterocycles. The Labute approximate surface area is 126 Å². The number of hydrogen-bond donors (Lipinski definition) is 1. The molecule has 0 aliphatic heterocycles. The van der Waals surface area contributed by atoms with Crippen molar-refractivity contribution >= 4 is 23.5 Å². The third-order valence-electron chi connectivity index (χ3n) is 3.00. The number of aromatic nitrogens is 1. The minimum Gasteiger partial charge on any atom is -0.359 e. The number of unbranched alkanes of at least 4 members (excludes halogenated alkanes) is 1. The van der Waals surface area contributed by atoms with Crippen molar-refractivity contribution in [2.75, 3.05) is 11.1 Å². The standard InChI is InChI=1S/C15H26N2O2S/c1-7-8-9-20-15(5,6)13(18)16-12-10-11(19-17-12)14(2,3)4/h10H,7-9H2,1-6H3,(H,16,17,18). The van der Waals surface area contributed by atoms with E-state index in [1.54, 1.807) is 17.8 Å². The summed E-state index contributed by atoms with van der Waals surface area (Å²) in [5.74, 6) is 2.21. The minimum atomic E-state index is -0.462. The van der Waals surface area contributed by atoms with Gasteiger partial charge in [0, 0.05) is 11.5 Å². The van der Waals surface area contributed by atoms with Crippen molar-refractivity contribution in [1.82, 2.24) is 5.16 Å². The van der Waals surface area contributed by atoms with Crippen LogP contribution in [0.2, 0.25) is 0 Å². The molecule has 0 fully saturated rings. The van der Waals surface area contributed by atoms with Gasteiger partial charge in [-0.15, -0.1) is 11.8 Å². The zero-order chi connectivity index (χ0) is 15.4. The summed E-state index contributed by atoms with van der Waals surface area (Å²) in [6.07, 6.45) is 2.27. The molecule has 0 radical (unpaired) electrons. The first-order valence-electron chi connectivity index (χ1n) is 7.09. The molecule has 0 unspecified atom stereocenters. The summed E-state index contributed by atoms with van der Waals surface area (Å²) in [4.78, 5) is 12.3. The highest BCUT2D eigenvalue weighted by Crippen LogP contribution is 2.28. The molecule has 1 rings (SSSR count). The molecule has 0 saturated carbocycles. The van der Waals surface area contributed by atoms with Crippen molar-refractivity contribution in [2.24, 2.45) is 0 Å². The topological polar surface area (TPSA) is 55.1 Å². The Morgan fingerprint density at radius 1 is 1.35 bits per heavy atom. The van der Waals surface area contributed by atoms with E-state index in [0.717, 1.165) is 24.4 Å². The summed E-state index contributed by atoms with van der Waals surface area (Å²) in [7, 11) is 0. The fourth-order valence-electron chi connectivity index (χ4n) is 1.49. The molecule has 1 aromatic rings. The highest BCUT2D eigenvalue weighted by molar-refractivity contribution is 8.01. The highest BCUT2D eigenvalue weighted by Gasteiger charge is 2.29. The van der Waals surface area contributed by atoms with Gasteiger partial charge in [0.1, 0.15) is 5.76 Å². The van der Waals surface area contributed by atoms with Gasteiger partial charge in [-0.25, -0.2) is 0 Å².